The van der Waals surface area contributed by atoms with Gasteiger partial charge in [0.2, 0.25) is 0 Å². The molecule has 0 aliphatic heterocycles. The highest BCUT2D eigenvalue weighted by atomic mass is 33.1. The first-order chi connectivity index (χ1) is 24.8. The molecule has 246 valence electrons. The second kappa shape index (κ2) is 16.8. The van der Waals surface area contributed by atoms with Crippen LogP contribution >= 0.6 is 43.2 Å². The largest absolute Gasteiger partial charge is 0.101 e. The molecule has 0 N–H and O–H groups in total. The van der Waals surface area contributed by atoms with E-state index in [0.29, 0.717) is 0 Å². The van der Waals surface area contributed by atoms with Gasteiger partial charge in [-0.2, -0.15) is 0 Å². The summed E-state index contributed by atoms with van der Waals surface area (Å²) in [5.41, 5.74) is 10.5. The summed E-state index contributed by atoms with van der Waals surface area (Å²) in [6.45, 7) is 0. The smallest absolute Gasteiger partial charge is 0.0877 e. The Hall–Kier alpha value is -4.06. The van der Waals surface area contributed by atoms with Gasteiger partial charge in [-0.05, 0) is 44.5 Å². The molecule has 0 amide bonds. The van der Waals surface area contributed by atoms with Crippen LogP contribution in [-0.4, -0.2) is 0 Å². The molecular formula is C46H38S4. The van der Waals surface area contributed by atoms with Crippen molar-refractivity contribution in [3.05, 3.63) is 251 Å². The Balaban J connectivity index is 1.16. The van der Waals surface area contributed by atoms with E-state index in [4.69, 9.17) is 0 Å². The molecular weight excluding hydrogens is 681 g/mol. The summed E-state index contributed by atoms with van der Waals surface area (Å²) in [7, 11) is 7.80. The Morgan fingerprint density at radius 2 is 0.460 bits per heavy atom. The molecule has 0 aliphatic carbocycles. The van der Waals surface area contributed by atoms with Gasteiger partial charge in [0.1, 0.15) is 9.49 Å². The molecule has 4 heteroatoms. The molecule has 7 aromatic rings. The van der Waals surface area contributed by atoms with E-state index in [9.17, 15) is 0 Å². The third-order valence-electron chi connectivity index (χ3n) is 9.00. The van der Waals surface area contributed by atoms with E-state index in [1.165, 1.54) is 44.5 Å². The van der Waals surface area contributed by atoms with Crippen LogP contribution < -0.4 is 0 Å². The van der Waals surface area contributed by atoms with Gasteiger partial charge in [-0.3, -0.25) is 0 Å². The maximum atomic E-state index is 2.31. The summed E-state index contributed by atoms with van der Waals surface area (Å²) in [5.74, 6) is 1.81. The first kappa shape index (κ1) is 34.4. The van der Waals surface area contributed by atoms with E-state index < -0.39 is 0 Å². The average Bonchev–Trinajstić information content (AvgIpc) is 3.21. The quantitative estimate of drug-likeness (QED) is 0.0810. The highest BCUT2D eigenvalue weighted by molar-refractivity contribution is 8.77. The lowest BCUT2D eigenvalue weighted by molar-refractivity contribution is 0.903. The fraction of sp³-hybridized carbons (Fsp3) is 0.0870. The maximum absolute atomic E-state index is 2.31. The second-order valence-corrected chi connectivity index (χ2v) is 17.0. The Morgan fingerprint density at radius 3 is 0.680 bits per heavy atom. The van der Waals surface area contributed by atoms with E-state index in [-0.39, 0.29) is 9.49 Å². The molecule has 0 aliphatic rings. The van der Waals surface area contributed by atoms with E-state index >= 15 is 0 Å². The van der Waals surface area contributed by atoms with Gasteiger partial charge in [-0.1, -0.05) is 249 Å². The number of benzene rings is 7. The normalized spacial score (nSPS) is 11.7. The summed E-state index contributed by atoms with van der Waals surface area (Å²) in [5, 5.41) is 0. The molecule has 7 aromatic carbocycles. The predicted octanol–water partition coefficient (Wildman–Crippen LogP) is 13.4. The highest BCUT2D eigenvalue weighted by Gasteiger charge is 2.39. The molecule has 0 bridgehead atoms. The van der Waals surface area contributed by atoms with Crippen LogP contribution in [0.5, 0.6) is 0 Å². The summed E-state index contributed by atoms with van der Waals surface area (Å²) >= 11 is 0. The van der Waals surface area contributed by atoms with Crippen molar-refractivity contribution in [2.45, 2.75) is 21.0 Å². The molecule has 0 unspecified atom stereocenters. The van der Waals surface area contributed by atoms with Gasteiger partial charge in [0.25, 0.3) is 0 Å². The standard InChI is InChI=1S/C46H38S4/c1-7-23-39(24-8-1)45(40-25-9-2-10-26-40,41-27-11-3-12-28-41)49-47-35-37-21-19-20-22-38(37)36-48-50-46(42-29-13-4-14-30-42,43-31-15-5-16-32-43)44-33-17-6-18-34-44/h1-34H,35-36H2. The number of hydrogen-bond acceptors (Lipinski definition) is 4. The molecule has 0 spiro atoms. The average molecular weight is 719 g/mol. The van der Waals surface area contributed by atoms with Crippen LogP contribution in [0.15, 0.2) is 206 Å². The molecule has 0 aromatic heterocycles. The van der Waals surface area contributed by atoms with Crippen LogP contribution in [-0.2, 0) is 21.0 Å². The minimum absolute atomic E-state index is 0.353. The summed E-state index contributed by atoms with van der Waals surface area (Å²) in [4.78, 5) is 0. The third kappa shape index (κ3) is 7.36. The van der Waals surface area contributed by atoms with Gasteiger partial charge in [-0.15, -0.1) is 0 Å². The molecule has 0 fully saturated rings. The fourth-order valence-corrected chi connectivity index (χ4v) is 13.1. The maximum Gasteiger partial charge on any atom is 0.101 e. The SMILES string of the molecule is c1ccc(C(SSCc2ccccc2CSSC(c2ccccc2)(c2ccccc2)c2ccccc2)(c2ccccc2)c2ccccc2)cc1. The van der Waals surface area contributed by atoms with Crippen molar-refractivity contribution in [1.29, 1.82) is 0 Å². The zero-order chi connectivity index (χ0) is 33.9. The van der Waals surface area contributed by atoms with Crippen LogP contribution in [0.25, 0.3) is 0 Å². The topological polar surface area (TPSA) is 0 Å². The van der Waals surface area contributed by atoms with Gasteiger partial charge in [0.15, 0.2) is 0 Å². The molecule has 7 rings (SSSR count). The van der Waals surface area contributed by atoms with E-state index in [1.807, 2.05) is 43.2 Å². The van der Waals surface area contributed by atoms with Crippen molar-refractivity contribution < 1.29 is 0 Å². The van der Waals surface area contributed by atoms with E-state index in [1.54, 1.807) is 0 Å². The Bertz CT molecular complexity index is 1690. The van der Waals surface area contributed by atoms with Crippen molar-refractivity contribution in [1.82, 2.24) is 0 Å². The van der Waals surface area contributed by atoms with Gasteiger partial charge in [0.05, 0.1) is 0 Å². The molecule has 0 saturated heterocycles. The molecule has 0 nitrogen and oxygen atoms in total. The van der Waals surface area contributed by atoms with E-state index in [0.717, 1.165) is 11.5 Å². The van der Waals surface area contributed by atoms with Crippen LogP contribution in [0.4, 0.5) is 0 Å². The van der Waals surface area contributed by atoms with Gasteiger partial charge < -0.3 is 0 Å². The second-order valence-electron chi connectivity index (χ2n) is 12.0. The number of rotatable bonds is 14. The third-order valence-corrected chi connectivity index (χ3v) is 14.9. The zero-order valence-corrected chi connectivity index (χ0v) is 30.9. The lowest BCUT2D eigenvalue weighted by Crippen LogP contribution is -2.24. The van der Waals surface area contributed by atoms with Crippen LogP contribution in [0, 0.1) is 0 Å². The van der Waals surface area contributed by atoms with Crippen LogP contribution in [0.1, 0.15) is 44.5 Å². The van der Waals surface area contributed by atoms with Crippen molar-refractivity contribution in [2.75, 3.05) is 0 Å². The van der Waals surface area contributed by atoms with Crippen LogP contribution in [0.3, 0.4) is 0 Å². The van der Waals surface area contributed by atoms with Crippen molar-refractivity contribution in [3.63, 3.8) is 0 Å². The van der Waals surface area contributed by atoms with E-state index in [2.05, 4.69) is 206 Å². The fourth-order valence-electron chi connectivity index (χ4n) is 6.53. The first-order valence-corrected chi connectivity index (χ1v) is 21.5. The lowest BCUT2D eigenvalue weighted by Gasteiger charge is -2.35. The predicted molar refractivity (Wildman–Crippen MR) is 223 cm³/mol. The molecule has 0 radical (unpaired) electrons. The summed E-state index contributed by atoms with van der Waals surface area (Å²) in [6.07, 6.45) is 0. The monoisotopic (exact) mass is 718 g/mol. The lowest BCUT2D eigenvalue weighted by atomic mass is 9.84. The van der Waals surface area contributed by atoms with Gasteiger partial charge in [-0.25, -0.2) is 0 Å². The summed E-state index contributed by atoms with van der Waals surface area (Å²) in [6, 6.07) is 74.8. The minimum Gasteiger partial charge on any atom is -0.0877 e. The molecule has 50 heavy (non-hydrogen) atoms. The van der Waals surface area contributed by atoms with Crippen molar-refractivity contribution >= 4 is 43.2 Å². The highest BCUT2D eigenvalue weighted by Crippen LogP contribution is 2.56. The molecule has 0 atom stereocenters. The Morgan fingerprint density at radius 1 is 0.260 bits per heavy atom. The van der Waals surface area contributed by atoms with Crippen molar-refractivity contribution in [3.8, 4) is 0 Å². The molecule has 0 saturated carbocycles. The minimum atomic E-state index is -0.353. The Labute approximate surface area is 313 Å². The number of hydrogen-bond donors (Lipinski definition) is 0. The summed E-state index contributed by atoms with van der Waals surface area (Å²) < 4.78 is -0.705. The Kier molecular flexibility index (Phi) is 11.5. The first-order valence-electron chi connectivity index (χ1n) is 16.8. The zero-order valence-electron chi connectivity index (χ0n) is 27.7. The van der Waals surface area contributed by atoms with Crippen LogP contribution in [0.2, 0.25) is 0 Å². The van der Waals surface area contributed by atoms with Crippen molar-refractivity contribution in [2.24, 2.45) is 0 Å². The van der Waals surface area contributed by atoms with Gasteiger partial charge >= 0.3 is 0 Å². The van der Waals surface area contributed by atoms with Gasteiger partial charge in [0, 0.05) is 11.5 Å². The molecule has 0 heterocycles.